The molecule has 16 heavy (non-hydrogen) atoms. The molecule has 1 atom stereocenters. The maximum atomic E-state index is 12.8. The number of carbonyl (C=O) groups excluding carboxylic acids is 1. The van der Waals surface area contributed by atoms with Crippen LogP contribution in [0.15, 0.2) is 24.3 Å². The third kappa shape index (κ3) is 4.59. The van der Waals surface area contributed by atoms with Gasteiger partial charge in [-0.05, 0) is 32.2 Å². The predicted molar refractivity (Wildman–Crippen MR) is 64.5 cm³/mol. The van der Waals surface area contributed by atoms with Crippen LogP contribution in [0, 0.1) is 5.82 Å². The number of hydrogen-bond acceptors (Lipinski definition) is 2. The van der Waals surface area contributed by atoms with Crippen LogP contribution >= 0.6 is 12.4 Å². The molecule has 0 fully saturated rings. The number of hydrogen-bond donors (Lipinski definition) is 2. The van der Waals surface area contributed by atoms with E-state index in [1.54, 1.807) is 6.07 Å². The number of carbonyl (C=O) groups is 1. The van der Waals surface area contributed by atoms with Gasteiger partial charge in [0.25, 0.3) is 5.91 Å². The van der Waals surface area contributed by atoms with Crippen molar-refractivity contribution in [2.24, 2.45) is 0 Å². The highest BCUT2D eigenvalue weighted by Gasteiger charge is 2.06. The van der Waals surface area contributed by atoms with E-state index >= 15 is 0 Å². The highest BCUT2D eigenvalue weighted by molar-refractivity contribution is 5.94. The molecule has 0 aliphatic heterocycles. The molecule has 90 valence electrons. The van der Waals surface area contributed by atoms with E-state index in [0.29, 0.717) is 12.1 Å². The zero-order valence-corrected chi connectivity index (χ0v) is 10.1. The number of halogens is 2. The third-order valence-corrected chi connectivity index (χ3v) is 2.15. The Hall–Kier alpha value is -1.13. The van der Waals surface area contributed by atoms with Gasteiger partial charge >= 0.3 is 0 Å². The molecule has 0 aliphatic rings. The van der Waals surface area contributed by atoms with Gasteiger partial charge in [0.1, 0.15) is 5.82 Å². The van der Waals surface area contributed by atoms with Gasteiger partial charge in [-0.2, -0.15) is 0 Å². The van der Waals surface area contributed by atoms with E-state index in [2.05, 4.69) is 10.6 Å². The minimum atomic E-state index is -0.399. The van der Waals surface area contributed by atoms with E-state index < -0.39 is 5.82 Å². The van der Waals surface area contributed by atoms with Crippen LogP contribution in [-0.4, -0.2) is 25.5 Å². The van der Waals surface area contributed by atoms with Gasteiger partial charge in [-0.25, -0.2) is 4.39 Å². The van der Waals surface area contributed by atoms with Crippen molar-refractivity contribution in [3.8, 4) is 0 Å². The molecular formula is C11H16ClFN2O. The van der Waals surface area contributed by atoms with Crippen LogP contribution in [0.5, 0.6) is 0 Å². The first-order valence-corrected chi connectivity index (χ1v) is 4.84. The lowest BCUT2D eigenvalue weighted by Crippen LogP contribution is -2.37. The molecule has 1 rings (SSSR count). The van der Waals surface area contributed by atoms with E-state index in [-0.39, 0.29) is 24.4 Å². The summed E-state index contributed by atoms with van der Waals surface area (Å²) in [6.07, 6.45) is 0. The van der Waals surface area contributed by atoms with Gasteiger partial charge in [0.05, 0.1) is 0 Å². The fraction of sp³-hybridized carbons (Fsp3) is 0.364. The predicted octanol–water partition coefficient (Wildman–Crippen LogP) is 1.59. The van der Waals surface area contributed by atoms with E-state index in [9.17, 15) is 9.18 Å². The van der Waals surface area contributed by atoms with Gasteiger partial charge < -0.3 is 10.6 Å². The Kier molecular flexibility index (Phi) is 6.69. The second kappa shape index (κ2) is 7.19. The van der Waals surface area contributed by atoms with E-state index in [4.69, 9.17) is 0 Å². The first-order valence-electron chi connectivity index (χ1n) is 4.84. The molecular weight excluding hydrogens is 231 g/mol. The molecule has 0 heterocycles. The fourth-order valence-electron chi connectivity index (χ4n) is 1.08. The molecule has 2 N–H and O–H groups in total. The maximum absolute atomic E-state index is 12.8. The van der Waals surface area contributed by atoms with Crippen molar-refractivity contribution in [3.05, 3.63) is 35.6 Å². The minimum absolute atomic E-state index is 0. The maximum Gasteiger partial charge on any atom is 0.251 e. The lowest BCUT2D eigenvalue weighted by atomic mass is 10.2. The molecule has 0 saturated carbocycles. The Bertz CT molecular complexity index is 347. The number of rotatable bonds is 4. The number of nitrogens with one attached hydrogen (secondary N) is 2. The van der Waals surface area contributed by atoms with Crippen LogP contribution in [0.4, 0.5) is 4.39 Å². The smallest absolute Gasteiger partial charge is 0.251 e. The Morgan fingerprint density at radius 3 is 2.75 bits per heavy atom. The highest BCUT2D eigenvalue weighted by atomic mass is 35.5. The SMILES string of the molecule is CNC(C)CNC(=O)c1cccc(F)c1.Cl. The van der Waals surface area contributed by atoms with Gasteiger partial charge in [0.2, 0.25) is 0 Å². The first kappa shape index (κ1) is 14.9. The highest BCUT2D eigenvalue weighted by Crippen LogP contribution is 2.02. The summed E-state index contributed by atoms with van der Waals surface area (Å²) in [7, 11) is 1.82. The second-order valence-corrected chi connectivity index (χ2v) is 3.41. The van der Waals surface area contributed by atoms with Gasteiger partial charge in [-0.3, -0.25) is 4.79 Å². The topological polar surface area (TPSA) is 41.1 Å². The van der Waals surface area contributed by atoms with Crippen molar-refractivity contribution in [1.82, 2.24) is 10.6 Å². The monoisotopic (exact) mass is 246 g/mol. The average Bonchev–Trinajstić information content (AvgIpc) is 2.25. The van der Waals surface area contributed by atoms with Gasteiger partial charge in [-0.1, -0.05) is 6.07 Å². The molecule has 1 amide bonds. The molecule has 5 heteroatoms. The lowest BCUT2D eigenvalue weighted by molar-refractivity contribution is 0.0950. The molecule has 0 spiro atoms. The Morgan fingerprint density at radius 2 is 2.19 bits per heavy atom. The molecule has 0 aliphatic carbocycles. The zero-order chi connectivity index (χ0) is 11.3. The van der Waals surface area contributed by atoms with Gasteiger partial charge in [0, 0.05) is 18.2 Å². The molecule has 0 aromatic heterocycles. The van der Waals surface area contributed by atoms with Gasteiger partial charge in [-0.15, -0.1) is 12.4 Å². The summed E-state index contributed by atoms with van der Waals surface area (Å²) in [5.74, 6) is -0.652. The molecule has 0 radical (unpaired) electrons. The number of amides is 1. The van der Waals surface area contributed by atoms with Crippen molar-refractivity contribution in [2.45, 2.75) is 13.0 Å². The normalized spacial score (nSPS) is 11.4. The van der Waals surface area contributed by atoms with Crippen LogP contribution < -0.4 is 10.6 Å². The second-order valence-electron chi connectivity index (χ2n) is 3.41. The summed E-state index contributed by atoms with van der Waals surface area (Å²) < 4.78 is 12.8. The average molecular weight is 247 g/mol. The van der Waals surface area contributed by atoms with Crippen LogP contribution in [0.25, 0.3) is 0 Å². The summed E-state index contributed by atoms with van der Waals surface area (Å²) in [5, 5.41) is 5.70. The minimum Gasteiger partial charge on any atom is -0.350 e. The summed E-state index contributed by atoms with van der Waals surface area (Å²) in [6, 6.07) is 5.84. The number of benzene rings is 1. The molecule has 3 nitrogen and oxygen atoms in total. The Balaban J connectivity index is 0.00000225. The summed E-state index contributed by atoms with van der Waals surface area (Å²) >= 11 is 0. The quantitative estimate of drug-likeness (QED) is 0.847. The third-order valence-electron chi connectivity index (χ3n) is 2.15. The Morgan fingerprint density at radius 1 is 1.50 bits per heavy atom. The van der Waals surface area contributed by atoms with E-state index in [0.717, 1.165) is 0 Å². The van der Waals surface area contributed by atoms with Crippen LogP contribution in [0.3, 0.4) is 0 Å². The molecule has 0 bridgehead atoms. The van der Waals surface area contributed by atoms with Crippen molar-refractivity contribution in [1.29, 1.82) is 0 Å². The summed E-state index contributed by atoms with van der Waals surface area (Å²) in [4.78, 5) is 11.5. The summed E-state index contributed by atoms with van der Waals surface area (Å²) in [6.45, 7) is 2.47. The molecule has 0 saturated heterocycles. The first-order chi connectivity index (χ1) is 7.13. The van der Waals surface area contributed by atoms with Crippen molar-refractivity contribution >= 4 is 18.3 Å². The molecule has 1 unspecified atom stereocenters. The van der Waals surface area contributed by atoms with Crippen LogP contribution in [0.1, 0.15) is 17.3 Å². The Labute approximate surface area is 101 Å². The van der Waals surface area contributed by atoms with Crippen LogP contribution in [0.2, 0.25) is 0 Å². The zero-order valence-electron chi connectivity index (χ0n) is 9.29. The number of likely N-dealkylation sites (N-methyl/N-ethyl adjacent to an activating group) is 1. The van der Waals surface area contributed by atoms with Crippen molar-refractivity contribution < 1.29 is 9.18 Å². The van der Waals surface area contributed by atoms with Crippen molar-refractivity contribution in [2.75, 3.05) is 13.6 Å². The standard InChI is InChI=1S/C11H15FN2O.ClH/c1-8(13-2)7-14-11(15)9-4-3-5-10(12)6-9;/h3-6,8,13H,7H2,1-2H3,(H,14,15);1H. The van der Waals surface area contributed by atoms with Crippen LogP contribution in [-0.2, 0) is 0 Å². The largest absolute Gasteiger partial charge is 0.350 e. The van der Waals surface area contributed by atoms with E-state index in [1.165, 1.54) is 18.2 Å². The van der Waals surface area contributed by atoms with Gasteiger partial charge in [0.15, 0.2) is 0 Å². The lowest BCUT2D eigenvalue weighted by Gasteiger charge is -2.11. The fourth-order valence-corrected chi connectivity index (χ4v) is 1.08. The van der Waals surface area contributed by atoms with E-state index in [1.807, 2.05) is 14.0 Å². The van der Waals surface area contributed by atoms with Crippen molar-refractivity contribution in [3.63, 3.8) is 0 Å². The molecule has 1 aromatic carbocycles. The molecule has 1 aromatic rings. The summed E-state index contributed by atoms with van der Waals surface area (Å²) in [5.41, 5.74) is 0.346.